The molecule has 24 heavy (non-hydrogen) atoms. The molecule has 0 bridgehead atoms. The van der Waals surface area contributed by atoms with Crippen molar-refractivity contribution in [2.75, 3.05) is 13.6 Å². The van der Waals surface area contributed by atoms with Gasteiger partial charge in [-0.2, -0.15) is 0 Å². The Bertz CT molecular complexity index is 671. The van der Waals surface area contributed by atoms with Crippen molar-refractivity contribution >= 4 is 17.6 Å². The van der Waals surface area contributed by atoms with Gasteiger partial charge in [0.25, 0.3) is 0 Å². The number of aryl methyl sites for hydroxylation is 1. The molecule has 0 spiro atoms. The molecule has 2 aromatic carbocycles. The highest BCUT2D eigenvalue weighted by molar-refractivity contribution is 6.30. The first-order valence-electron chi connectivity index (χ1n) is 8.09. The molecule has 0 saturated carbocycles. The number of rotatable bonds is 6. The summed E-state index contributed by atoms with van der Waals surface area (Å²) in [5.74, 6) is 1.07. The zero-order chi connectivity index (χ0) is 17.4. The zero-order valence-electron chi connectivity index (χ0n) is 14.1. The standard InChI is InChI=1S/C19H24ClN3O/c1-14(16-6-3-7-17(20)13-16)23-19(21-2)22-12-4-5-15-8-10-18(24)11-9-15/h3,6-11,13-14,24H,4-5,12H2,1-2H3,(H2,21,22,23). The van der Waals surface area contributed by atoms with Crippen LogP contribution in [0.3, 0.4) is 0 Å². The molecule has 3 N–H and O–H groups in total. The van der Waals surface area contributed by atoms with Crippen LogP contribution < -0.4 is 10.6 Å². The van der Waals surface area contributed by atoms with E-state index in [4.69, 9.17) is 11.6 Å². The van der Waals surface area contributed by atoms with Crippen LogP contribution >= 0.6 is 11.6 Å². The lowest BCUT2D eigenvalue weighted by Crippen LogP contribution is -2.39. The number of phenols is 1. The molecule has 4 nitrogen and oxygen atoms in total. The van der Waals surface area contributed by atoms with Gasteiger partial charge in [0.1, 0.15) is 5.75 Å². The minimum absolute atomic E-state index is 0.118. The molecule has 0 aromatic heterocycles. The minimum Gasteiger partial charge on any atom is -0.508 e. The van der Waals surface area contributed by atoms with Crippen molar-refractivity contribution in [3.63, 3.8) is 0 Å². The van der Waals surface area contributed by atoms with Crippen LogP contribution in [0.5, 0.6) is 5.75 Å². The first kappa shape index (κ1) is 18.1. The van der Waals surface area contributed by atoms with Gasteiger partial charge < -0.3 is 15.7 Å². The predicted octanol–water partition coefficient (Wildman–Crippen LogP) is 3.90. The van der Waals surface area contributed by atoms with Crippen molar-refractivity contribution < 1.29 is 5.11 Å². The summed E-state index contributed by atoms with van der Waals surface area (Å²) < 4.78 is 0. The minimum atomic E-state index is 0.118. The molecule has 1 unspecified atom stereocenters. The molecule has 0 aliphatic carbocycles. The highest BCUT2D eigenvalue weighted by atomic mass is 35.5. The number of nitrogens with zero attached hydrogens (tertiary/aromatic N) is 1. The van der Waals surface area contributed by atoms with Gasteiger partial charge in [-0.05, 0) is 55.2 Å². The quantitative estimate of drug-likeness (QED) is 0.423. The summed E-state index contributed by atoms with van der Waals surface area (Å²) >= 11 is 6.04. The van der Waals surface area contributed by atoms with Crippen LogP contribution in [0.4, 0.5) is 0 Å². The molecular weight excluding hydrogens is 322 g/mol. The third-order valence-corrected chi connectivity index (χ3v) is 4.03. The van der Waals surface area contributed by atoms with E-state index in [2.05, 4.69) is 22.5 Å². The summed E-state index contributed by atoms with van der Waals surface area (Å²) in [7, 11) is 1.76. The lowest BCUT2D eigenvalue weighted by atomic mass is 10.1. The number of phenolic OH excluding ortho intramolecular Hbond substituents is 1. The second-order valence-corrected chi connectivity index (χ2v) is 6.13. The fourth-order valence-electron chi connectivity index (χ4n) is 2.42. The van der Waals surface area contributed by atoms with Gasteiger partial charge in [0, 0.05) is 18.6 Å². The van der Waals surface area contributed by atoms with Gasteiger partial charge in [0.2, 0.25) is 0 Å². The highest BCUT2D eigenvalue weighted by Crippen LogP contribution is 2.17. The second kappa shape index (κ2) is 9.18. The SMILES string of the molecule is CN=C(NCCCc1ccc(O)cc1)NC(C)c1cccc(Cl)c1. The van der Waals surface area contributed by atoms with Gasteiger partial charge >= 0.3 is 0 Å². The van der Waals surface area contributed by atoms with Crippen LogP contribution in [0.1, 0.15) is 30.5 Å². The van der Waals surface area contributed by atoms with Gasteiger partial charge in [-0.1, -0.05) is 35.9 Å². The number of guanidine groups is 1. The average Bonchev–Trinajstić information content (AvgIpc) is 2.59. The fraction of sp³-hybridized carbons (Fsp3) is 0.316. The van der Waals surface area contributed by atoms with Crippen LogP contribution in [-0.4, -0.2) is 24.7 Å². The molecule has 2 rings (SSSR count). The number of nitrogens with one attached hydrogen (secondary N) is 2. The van der Waals surface area contributed by atoms with Gasteiger partial charge in [0.05, 0.1) is 6.04 Å². The Morgan fingerprint density at radius 1 is 1.21 bits per heavy atom. The van der Waals surface area contributed by atoms with Crippen LogP contribution in [-0.2, 0) is 6.42 Å². The molecule has 0 aliphatic heterocycles. The molecule has 0 amide bonds. The van der Waals surface area contributed by atoms with Crippen LogP contribution in [0.25, 0.3) is 0 Å². The van der Waals surface area contributed by atoms with E-state index in [1.165, 1.54) is 5.56 Å². The number of aromatic hydroxyl groups is 1. The van der Waals surface area contributed by atoms with E-state index in [1.807, 2.05) is 36.4 Å². The lowest BCUT2D eigenvalue weighted by Gasteiger charge is -2.18. The molecule has 0 saturated heterocycles. The summed E-state index contributed by atoms with van der Waals surface area (Å²) in [6.45, 7) is 2.90. The molecular formula is C19H24ClN3O. The summed E-state index contributed by atoms with van der Waals surface area (Å²) in [6.07, 6.45) is 1.94. The largest absolute Gasteiger partial charge is 0.508 e. The van der Waals surface area contributed by atoms with Gasteiger partial charge in [-0.3, -0.25) is 4.99 Å². The van der Waals surface area contributed by atoms with E-state index in [0.29, 0.717) is 5.75 Å². The first-order valence-corrected chi connectivity index (χ1v) is 8.47. The molecule has 0 heterocycles. The van der Waals surface area contributed by atoms with E-state index in [-0.39, 0.29) is 6.04 Å². The van der Waals surface area contributed by atoms with E-state index in [1.54, 1.807) is 19.2 Å². The molecule has 2 aromatic rings. The second-order valence-electron chi connectivity index (χ2n) is 5.69. The number of halogens is 1. The van der Waals surface area contributed by atoms with E-state index in [9.17, 15) is 5.11 Å². The number of hydrogen-bond donors (Lipinski definition) is 3. The smallest absolute Gasteiger partial charge is 0.191 e. The Hall–Kier alpha value is -2.20. The Balaban J connectivity index is 1.77. The van der Waals surface area contributed by atoms with E-state index in [0.717, 1.165) is 35.9 Å². The maximum Gasteiger partial charge on any atom is 0.191 e. The highest BCUT2D eigenvalue weighted by Gasteiger charge is 2.07. The molecule has 128 valence electrons. The Kier molecular flexibility index (Phi) is 6.94. The third-order valence-electron chi connectivity index (χ3n) is 3.80. The topological polar surface area (TPSA) is 56.7 Å². The monoisotopic (exact) mass is 345 g/mol. The van der Waals surface area contributed by atoms with Crippen molar-refractivity contribution in [3.05, 3.63) is 64.7 Å². The summed E-state index contributed by atoms with van der Waals surface area (Å²) in [5.41, 5.74) is 2.33. The van der Waals surface area contributed by atoms with Gasteiger partial charge in [-0.15, -0.1) is 0 Å². The summed E-state index contributed by atoms with van der Waals surface area (Å²) in [5, 5.41) is 16.7. The van der Waals surface area contributed by atoms with Gasteiger partial charge in [-0.25, -0.2) is 0 Å². The van der Waals surface area contributed by atoms with Crippen molar-refractivity contribution in [1.82, 2.24) is 10.6 Å². The van der Waals surface area contributed by atoms with Crippen LogP contribution in [0, 0.1) is 0 Å². The summed E-state index contributed by atoms with van der Waals surface area (Å²) in [6, 6.07) is 15.3. The van der Waals surface area contributed by atoms with Crippen LogP contribution in [0.2, 0.25) is 5.02 Å². The molecule has 0 fully saturated rings. The van der Waals surface area contributed by atoms with Crippen LogP contribution in [0.15, 0.2) is 53.5 Å². The molecule has 0 aliphatic rings. The van der Waals surface area contributed by atoms with Crippen molar-refractivity contribution in [2.24, 2.45) is 4.99 Å². The molecule has 0 radical (unpaired) electrons. The predicted molar refractivity (Wildman–Crippen MR) is 101 cm³/mol. The third kappa shape index (κ3) is 5.78. The fourth-order valence-corrected chi connectivity index (χ4v) is 2.62. The maximum atomic E-state index is 9.28. The van der Waals surface area contributed by atoms with Crippen molar-refractivity contribution in [1.29, 1.82) is 0 Å². The normalized spacial score (nSPS) is 12.7. The van der Waals surface area contributed by atoms with Crippen molar-refractivity contribution in [3.8, 4) is 5.75 Å². The maximum absolute atomic E-state index is 9.28. The Morgan fingerprint density at radius 2 is 1.96 bits per heavy atom. The molecule has 5 heteroatoms. The molecule has 1 atom stereocenters. The first-order chi connectivity index (χ1) is 11.6. The van der Waals surface area contributed by atoms with Gasteiger partial charge in [0.15, 0.2) is 5.96 Å². The number of hydrogen-bond acceptors (Lipinski definition) is 2. The lowest BCUT2D eigenvalue weighted by molar-refractivity contribution is 0.475. The summed E-state index contributed by atoms with van der Waals surface area (Å²) in [4.78, 5) is 4.26. The van der Waals surface area contributed by atoms with Crippen molar-refractivity contribution in [2.45, 2.75) is 25.8 Å². The average molecular weight is 346 g/mol. The zero-order valence-corrected chi connectivity index (χ0v) is 14.8. The number of aliphatic imine (C=N–C) groups is 1. The Labute approximate surface area is 148 Å². The Morgan fingerprint density at radius 3 is 2.62 bits per heavy atom. The van der Waals surface area contributed by atoms with E-state index >= 15 is 0 Å². The number of benzene rings is 2. The van der Waals surface area contributed by atoms with E-state index < -0.39 is 0 Å².